The molecular formula is C13H16F2N2O. The van der Waals surface area contributed by atoms with Crippen molar-refractivity contribution in [2.24, 2.45) is 5.73 Å². The van der Waals surface area contributed by atoms with Gasteiger partial charge in [0.15, 0.2) is 0 Å². The minimum absolute atomic E-state index is 0.0661. The molecule has 2 rings (SSSR count). The molecule has 0 aliphatic heterocycles. The number of benzene rings is 1. The van der Waals surface area contributed by atoms with Crippen LogP contribution >= 0.6 is 0 Å². The third kappa shape index (κ3) is 3.04. The predicted octanol–water partition coefficient (Wildman–Crippen LogP) is 1.92. The first-order chi connectivity index (χ1) is 8.61. The number of hydrogen-bond acceptors (Lipinski definition) is 2. The average molecular weight is 254 g/mol. The number of nitrogens with two attached hydrogens (primary N) is 1. The van der Waals surface area contributed by atoms with Gasteiger partial charge in [0.2, 0.25) is 0 Å². The van der Waals surface area contributed by atoms with Crippen molar-refractivity contribution in [3.63, 3.8) is 0 Å². The number of amides is 1. The summed E-state index contributed by atoms with van der Waals surface area (Å²) < 4.78 is 26.2. The Morgan fingerprint density at radius 2 is 1.89 bits per heavy atom. The predicted molar refractivity (Wildman–Crippen MR) is 64.1 cm³/mol. The van der Waals surface area contributed by atoms with Crippen molar-refractivity contribution in [3.05, 3.63) is 35.4 Å². The first-order valence-electron chi connectivity index (χ1n) is 6.09. The molecular weight excluding hydrogens is 238 g/mol. The zero-order valence-corrected chi connectivity index (χ0v) is 10.0. The first-order valence-corrected chi connectivity index (χ1v) is 6.09. The van der Waals surface area contributed by atoms with Gasteiger partial charge in [-0.3, -0.25) is 4.79 Å². The molecule has 1 aliphatic rings. The summed E-state index contributed by atoms with van der Waals surface area (Å²) in [5.74, 6) is -1.77. The number of rotatable bonds is 5. The van der Waals surface area contributed by atoms with Gasteiger partial charge in [-0.2, -0.15) is 0 Å². The molecule has 5 heteroatoms. The maximum atomic E-state index is 13.1. The van der Waals surface area contributed by atoms with E-state index in [1.807, 2.05) is 0 Å². The molecule has 0 saturated heterocycles. The molecule has 18 heavy (non-hydrogen) atoms. The van der Waals surface area contributed by atoms with E-state index < -0.39 is 11.6 Å². The van der Waals surface area contributed by atoms with Crippen LogP contribution in [0, 0.1) is 11.6 Å². The zero-order valence-electron chi connectivity index (χ0n) is 10.0. The lowest BCUT2D eigenvalue weighted by Gasteiger charge is -2.22. The van der Waals surface area contributed by atoms with Crippen molar-refractivity contribution in [2.75, 3.05) is 13.1 Å². The van der Waals surface area contributed by atoms with Crippen molar-refractivity contribution < 1.29 is 13.6 Å². The number of carbonyl (C=O) groups is 1. The van der Waals surface area contributed by atoms with Gasteiger partial charge < -0.3 is 10.6 Å². The fraction of sp³-hybridized carbons (Fsp3) is 0.462. The Kier molecular flexibility index (Phi) is 3.91. The van der Waals surface area contributed by atoms with Crippen LogP contribution in [0.4, 0.5) is 8.78 Å². The maximum absolute atomic E-state index is 13.1. The second kappa shape index (κ2) is 5.44. The summed E-state index contributed by atoms with van der Waals surface area (Å²) in [6, 6.07) is 3.11. The molecule has 3 nitrogen and oxygen atoms in total. The van der Waals surface area contributed by atoms with Crippen molar-refractivity contribution in [1.29, 1.82) is 0 Å². The standard InChI is InChI=1S/C13H16F2N2O/c14-10-6-9(7-11(15)8-10)13(18)17(5-1-4-16)12-2-3-12/h6-8,12H,1-5,16H2. The van der Waals surface area contributed by atoms with Crippen molar-refractivity contribution >= 4 is 5.91 Å². The van der Waals surface area contributed by atoms with Crippen molar-refractivity contribution in [3.8, 4) is 0 Å². The van der Waals surface area contributed by atoms with E-state index in [0.29, 0.717) is 19.5 Å². The first kappa shape index (κ1) is 13.0. The van der Waals surface area contributed by atoms with Gasteiger partial charge in [0.25, 0.3) is 5.91 Å². The lowest BCUT2D eigenvalue weighted by atomic mass is 10.1. The smallest absolute Gasteiger partial charge is 0.254 e. The monoisotopic (exact) mass is 254 g/mol. The minimum atomic E-state index is -0.729. The van der Waals surface area contributed by atoms with E-state index in [2.05, 4.69) is 0 Å². The van der Waals surface area contributed by atoms with Crippen LogP contribution in [0.25, 0.3) is 0 Å². The van der Waals surface area contributed by atoms with Crippen LogP contribution < -0.4 is 5.73 Å². The van der Waals surface area contributed by atoms with Crippen LogP contribution in [-0.4, -0.2) is 29.9 Å². The third-order valence-electron chi connectivity index (χ3n) is 2.96. The van der Waals surface area contributed by atoms with Crippen molar-refractivity contribution in [1.82, 2.24) is 4.90 Å². The summed E-state index contributed by atoms with van der Waals surface area (Å²) >= 11 is 0. The zero-order chi connectivity index (χ0) is 13.1. The van der Waals surface area contributed by atoms with E-state index in [-0.39, 0.29) is 17.5 Å². The van der Waals surface area contributed by atoms with E-state index in [9.17, 15) is 13.6 Å². The maximum Gasteiger partial charge on any atom is 0.254 e. The molecule has 0 radical (unpaired) electrons. The molecule has 0 atom stereocenters. The average Bonchev–Trinajstić information content (AvgIpc) is 3.12. The van der Waals surface area contributed by atoms with Gasteiger partial charge in [0.1, 0.15) is 11.6 Å². The number of halogens is 2. The van der Waals surface area contributed by atoms with Gasteiger partial charge in [-0.15, -0.1) is 0 Å². The molecule has 1 fully saturated rings. The Balaban J connectivity index is 2.16. The highest BCUT2D eigenvalue weighted by Gasteiger charge is 2.32. The summed E-state index contributed by atoms with van der Waals surface area (Å²) in [4.78, 5) is 13.9. The molecule has 2 N–H and O–H groups in total. The van der Waals surface area contributed by atoms with Crippen LogP contribution in [0.5, 0.6) is 0 Å². The molecule has 98 valence electrons. The normalized spacial score (nSPS) is 14.6. The van der Waals surface area contributed by atoms with Gasteiger partial charge in [-0.25, -0.2) is 8.78 Å². The summed E-state index contributed by atoms with van der Waals surface area (Å²) in [5, 5.41) is 0. The molecule has 0 bridgehead atoms. The Morgan fingerprint density at radius 3 is 2.39 bits per heavy atom. The van der Waals surface area contributed by atoms with E-state index in [1.54, 1.807) is 4.90 Å². The molecule has 0 aromatic heterocycles. The van der Waals surface area contributed by atoms with Crippen LogP contribution in [-0.2, 0) is 0 Å². The SMILES string of the molecule is NCCCN(C(=O)c1cc(F)cc(F)c1)C1CC1. The molecule has 1 saturated carbocycles. The molecule has 0 unspecified atom stereocenters. The lowest BCUT2D eigenvalue weighted by molar-refractivity contribution is 0.0741. The van der Waals surface area contributed by atoms with Gasteiger partial charge in [-0.05, 0) is 37.9 Å². The lowest BCUT2D eigenvalue weighted by Crippen LogP contribution is -2.35. The molecule has 1 aliphatic carbocycles. The summed E-state index contributed by atoms with van der Waals surface area (Å²) in [6.45, 7) is 1.03. The summed E-state index contributed by atoms with van der Waals surface area (Å²) in [5.41, 5.74) is 5.49. The Hall–Kier alpha value is -1.49. The second-order valence-electron chi connectivity index (χ2n) is 4.53. The van der Waals surface area contributed by atoms with Gasteiger partial charge in [-0.1, -0.05) is 0 Å². The number of carbonyl (C=O) groups excluding carboxylic acids is 1. The van der Waals surface area contributed by atoms with Crippen LogP contribution in [0.3, 0.4) is 0 Å². The molecule has 0 spiro atoms. The van der Waals surface area contributed by atoms with E-state index >= 15 is 0 Å². The highest BCUT2D eigenvalue weighted by Crippen LogP contribution is 2.28. The highest BCUT2D eigenvalue weighted by molar-refractivity contribution is 5.94. The van der Waals surface area contributed by atoms with Crippen LogP contribution in [0.2, 0.25) is 0 Å². The van der Waals surface area contributed by atoms with Gasteiger partial charge in [0.05, 0.1) is 0 Å². The number of nitrogens with zero attached hydrogens (tertiary/aromatic N) is 1. The van der Waals surface area contributed by atoms with E-state index in [4.69, 9.17) is 5.73 Å². The quantitative estimate of drug-likeness (QED) is 0.872. The van der Waals surface area contributed by atoms with Crippen molar-refractivity contribution in [2.45, 2.75) is 25.3 Å². The Bertz CT molecular complexity index is 426. The summed E-state index contributed by atoms with van der Waals surface area (Å²) in [7, 11) is 0. The van der Waals surface area contributed by atoms with Crippen LogP contribution in [0.1, 0.15) is 29.6 Å². The molecule has 0 heterocycles. The Labute approximate surface area is 105 Å². The molecule has 1 amide bonds. The summed E-state index contributed by atoms with van der Waals surface area (Å²) in [6.07, 6.45) is 2.60. The van der Waals surface area contributed by atoms with Gasteiger partial charge >= 0.3 is 0 Å². The third-order valence-corrected chi connectivity index (χ3v) is 2.96. The second-order valence-corrected chi connectivity index (χ2v) is 4.53. The van der Waals surface area contributed by atoms with E-state index in [0.717, 1.165) is 31.0 Å². The fourth-order valence-corrected chi connectivity index (χ4v) is 1.94. The molecule has 1 aromatic rings. The molecule has 1 aromatic carbocycles. The van der Waals surface area contributed by atoms with E-state index in [1.165, 1.54) is 0 Å². The van der Waals surface area contributed by atoms with Gasteiger partial charge in [0, 0.05) is 24.2 Å². The largest absolute Gasteiger partial charge is 0.336 e. The minimum Gasteiger partial charge on any atom is -0.336 e. The topological polar surface area (TPSA) is 46.3 Å². The number of hydrogen-bond donors (Lipinski definition) is 1. The Morgan fingerprint density at radius 1 is 1.28 bits per heavy atom. The fourth-order valence-electron chi connectivity index (χ4n) is 1.94. The van der Waals surface area contributed by atoms with Crippen LogP contribution in [0.15, 0.2) is 18.2 Å². The highest BCUT2D eigenvalue weighted by atomic mass is 19.1.